The largest absolute Gasteiger partial charge is 0.330 e. The lowest BCUT2D eigenvalue weighted by molar-refractivity contribution is 0.571. The van der Waals surface area contributed by atoms with Crippen molar-refractivity contribution >= 4 is 0 Å². The van der Waals surface area contributed by atoms with E-state index in [1.165, 1.54) is 30.5 Å². The number of nitrogens with zero attached hydrogens (tertiary/aromatic N) is 2. The normalized spacial score (nSPS) is 16.2. The van der Waals surface area contributed by atoms with Gasteiger partial charge < -0.3 is 9.88 Å². The lowest BCUT2D eigenvalue weighted by Gasteiger charge is -2.13. The fraction of sp³-hybridized carbons (Fsp3) is 0.471. The Balaban J connectivity index is 1.43. The Morgan fingerprint density at radius 3 is 2.85 bits per heavy atom. The molecule has 1 aliphatic rings. The third kappa shape index (κ3) is 3.28. The molecule has 1 heterocycles. The van der Waals surface area contributed by atoms with Crippen LogP contribution >= 0.6 is 0 Å². The Labute approximate surface area is 121 Å². The first-order chi connectivity index (χ1) is 9.84. The molecule has 3 rings (SSSR count). The van der Waals surface area contributed by atoms with E-state index < -0.39 is 0 Å². The summed E-state index contributed by atoms with van der Waals surface area (Å²) in [6, 6.07) is 11.5. The van der Waals surface area contributed by atoms with Gasteiger partial charge in [0.15, 0.2) is 0 Å². The van der Waals surface area contributed by atoms with E-state index in [1.54, 1.807) is 0 Å². The van der Waals surface area contributed by atoms with Crippen molar-refractivity contribution < 1.29 is 0 Å². The van der Waals surface area contributed by atoms with Crippen molar-refractivity contribution in [3.63, 3.8) is 0 Å². The van der Waals surface area contributed by atoms with Gasteiger partial charge in [-0.3, -0.25) is 0 Å². The van der Waals surface area contributed by atoms with E-state index in [0.29, 0.717) is 5.92 Å². The molecule has 1 fully saturated rings. The molecule has 0 spiro atoms. The zero-order valence-corrected chi connectivity index (χ0v) is 12.1. The molecule has 1 aliphatic carbocycles. The zero-order valence-electron chi connectivity index (χ0n) is 12.1. The van der Waals surface area contributed by atoms with Crippen LogP contribution in [-0.2, 0) is 6.54 Å². The summed E-state index contributed by atoms with van der Waals surface area (Å²) in [5, 5.41) is 3.55. The van der Waals surface area contributed by atoms with Crippen LogP contribution in [0, 0.1) is 0 Å². The standard InChI is InChI=1S/C17H23N3/c1-14(15-5-3-2-4-6-15)9-10-18-11-17-12-19-13-20(17)16-7-8-16/h2-6,12-14,16,18H,7-11H2,1H3. The van der Waals surface area contributed by atoms with Gasteiger partial charge in [-0.05, 0) is 37.3 Å². The molecule has 1 atom stereocenters. The third-order valence-electron chi connectivity index (χ3n) is 4.12. The minimum Gasteiger partial charge on any atom is -0.330 e. The first-order valence-corrected chi connectivity index (χ1v) is 7.61. The van der Waals surface area contributed by atoms with E-state index in [9.17, 15) is 0 Å². The molecule has 1 N–H and O–H groups in total. The second-order valence-corrected chi connectivity index (χ2v) is 5.80. The molecule has 3 nitrogen and oxygen atoms in total. The van der Waals surface area contributed by atoms with Crippen molar-refractivity contribution in [2.75, 3.05) is 6.54 Å². The van der Waals surface area contributed by atoms with Gasteiger partial charge in [-0.1, -0.05) is 37.3 Å². The molecule has 20 heavy (non-hydrogen) atoms. The van der Waals surface area contributed by atoms with E-state index in [1.807, 2.05) is 12.5 Å². The van der Waals surface area contributed by atoms with Crippen LogP contribution in [0.3, 0.4) is 0 Å². The van der Waals surface area contributed by atoms with E-state index in [-0.39, 0.29) is 0 Å². The van der Waals surface area contributed by atoms with Gasteiger partial charge in [0.05, 0.1) is 12.0 Å². The maximum Gasteiger partial charge on any atom is 0.0951 e. The molecule has 106 valence electrons. The summed E-state index contributed by atoms with van der Waals surface area (Å²) in [4.78, 5) is 4.27. The van der Waals surface area contributed by atoms with Crippen LogP contribution in [0.2, 0.25) is 0 Å². The first kappa shape index (κ1) is 13.4. The molecule has 1 aromatic carbocycles. The monoisotopic (exact) mass is 269 g/mol. The molecular weight excluding hydrogens is 246 g/mol. The molecule has 0 bridgehead atoms. The number of benzene rings is 1. The van der Waals surface area contributed by atoms with Gasteiger partial charge in [0.25, 0.3) is 0 Å². The topological polar surface area (TPSA) is 29.9 Å². The summed E-state index contributed by atoms with van der Waals surface area (Å²) < 4.78 is 2.33. The zero-order chi connectivity index (χ0) is 13.8. The van der Waals surface area contributed by atoms with Gasteiger partial charge in [0, 0.05) is 18.8 Å². The first-order valence-electron chi connectivity index (χ1n) is 7.61. The summed E-state index contributed by atoms with van der Waals surface area (Å²) in [5.74, 6) is 0.608. The van der Waals surface area contributed by atoms with Crippen LogP contribution in [0.1, 0.15) is 49.4 Å². The van der Waals surface area contributed by atoms with Gasteiger partial charge in [-0.15, -0.1) is 0 Å². The molecular formula is C17H23N3. The summed E-state index contributed by atoms with van der Waals surface area (Å²) in [7, 11) is 0. The number of rotatable bonds is 7. The second kappa shape index (κ2) is 6.23. The molecule has 0 amide bonds. The maximum absolute atomic E-state index is 4.27. The minimum atomic E-state index is 0.608. The van der Waals surface area contributed by atoms with Crippen LogP contribution in [0.5, 0.6) is 0 Å². The summed E-state index contributed by atoms with van der Waals surface area (Å²) in [6.45, 7) is 4.27. The number of hydrogen-bond donors (Lipinski definition) is 1. The van der Waals surface area contributed by atoms with Crippen LogP contribution in [0.15, 0.2) is 42.9 Å². The number of aromatic nitrogens is 2. The van der Waals surface area contributed by atoms with Crippen LogP contribution < -0.4 is 5.32 Å². The van der Waals surface area contributed by atoms with E-state index in [2.05, 4.69) is 52.1 Å². The SMILES string of the molecule is CC(CCNCc1cncn1C1CC1)c1ccccc1. The fourth-order valence-corrected chi connectivity index (χ4v) is 2.63. The van der Waals surface area contributed by atoms with Crippen molar-refractivity contribution in [2.45, 2.75) is 44.7 Å². The van der Waals surface area contributed by atoms with Gasteiger partial charge in [-0.2, -0.15) is 0 Å². The fourth-order valence-electron chi connectivity index (χ4n) is 2.63. The summed E-state index contributed by atoms with van der Waals surface area (Å²) >= 11 is 0. The van der Waals surface area contributed by atoms with Crippen molar-refractivity contribution in [2.24, 2.45) is 0 Å². The quantitative estimate of drug-likeness (QED) is 0.780. The molecule has 1 unspecified atom stereocenters. The van der Waals surface area contributed by atoms with Crippen molar-refractivity contribution in [1.82, 2.24) is 14.9 Å². The highest BCUT2D eigenvalue weighted by molar-refractivity contribution is 5.18. The van der Waals surface area contributed by atoms with Crippen molar-refractivity contribution in [3.05, 3.63) is 54.1 Å². The molecule has 0 radical (unpaired) electrons. The highest BCUT2D eigenvalue weighted by Gasteiger charge is 2.24. The smallest absolute Gasteiger partial charge is 0.0951 e. The van der Waals surface area contributed by atoms with Crippen LogP contribution in [-0.4, -0.2) is 16.1 Å². The Morgan fingerprint density at radius 1 is 1.30 bits per heavy atom. The average Bonchev–Trinajstić information content (AvgIpc) is 3.23. The molecule has 1 saturated carbocycles. The Morgan fingerprint density at radius 2 is 2.10 bits per heavy atom. The molecule has 2 aromatic rings. The van der Waals surface area contributed by atoms with Gasteiger partial charge in [-0.25, -0.2) is 4.98 Å². The molecule has 0 aliphatic heterocycles. The molecule has 3 heteroatoms. The van der Waals surface area contributed by atoms with Crippen LogP contribution in [0.25, 0.3) is 0 Å². The van der Waals surface area contributed by atoms with Gasteiger partial charge in [0.1, 0.15) is 0 Å². The third-order valence-corrected chi connectivity index (χ3v) is 4.12. The summed E-state index contributed by atoms with van der Waals surface area (Å²) in [6.07, 6.45) is 7.76. The Hall–Kier alpha value is -1.61. The Bertz CT molecular complexity index is 528. The van der Waals surface area contributed by atoms with E-state index in [4.69, 9.17) is 0 Å². The van der Waals surface area contributed by atoms with E-state index in [0.717, 1.165) is 19.1 Å². The summed E-state index contributed by atoms with van der Waals surface area (Å²) in [5.41, 5.74) is 2.75. The van der Waals surface area contributed by atoms with Gasteiger partial charge in [0.2, 0.25) is 0 Å². The number of imidazole rings is 1. The lowest BCUT2D eigenvalue weighted by Crippen LogP contribution is -2.18. The highest BCUT2D eigenvalue weighted by atomic mass is 15.1. The van der Waals surface area contributed by atoms with Crippen molar-refractivity contribution in [1.29, 1.82) is 0 Å². The second-order valence-electron chi connectivity index (χ2n) is 5.80. The predicted octanol–water partition coefficient (Wildman–Crippen LogP) is 3.50. The maximum atomic E-state index is 4.27. The average molecular weight is 269 g/mol. The van der Waals surface area contributed by atoms with Crippen molar-refractivity contribution in [3.8, 4) is 0 Å². The predicted molar refractivity (Wildman–Crippen MR) is 81.7 cm³/mol. The minimum absolute atomic E-state index is 0.608. The number of nitrogens with one attached hydrogen (secondary N) is 1. The Kier molecular flexibility index (Phi) is 4.16. The lowest BCUT2D eigenvalue weighted by atomic mass is 9.98. The van der Waals surface area contributed by atoms with Crippen LogP contribution in [0.4, 0.5) is 0 Å². The highest BCUT2D eigenvalue weighted by Crippen LogP contribution is 2.35. The molecule has 0 saturated heterocycles. The van der Waals surface area contributed by atoms with Gasteiger partial charge >= 0.3 is 0 Å². The molecule has 1 aromatic heterocycles. The van der Waals surface area contributed by atoms with E-state index >= 15 is 0 Å². The number of hydrogen-bond acceptors (Lipinski definition) is 2.